The molecule has 126 valence electrons. The molecular formula is C17H37ClGeN2. The molecule has 0 atom stereocenters. The summed E-state index contributed by atoms with van der Waals surface area (Å²) < 4.78 is 0. The molecule has 0 amide bonds. The fourth-order valence-electron chi connectivity index (χ4n) is 4.51. The van der Waals surface area contributed by atoms with Crippen LogP contribution in [0, 0.1) is 5.41 Å². The van der Waals surface area contributed by atoms with Crippen LogP contribution in [0.1, 0.15) is 39.5 Å². The van der Waals surface area contributed by atoms with Crippen LogP contribution in [0.4, 0.5) is 0 Å². The molecule has 0 aromatic carbocycles. The molecular weight excluding hydrogens is 340 g/mol. The standard InChI is InChI=1S/C17H36GeN2.ClH/c1-5-18(6-2)11-8-17(9-12-18)10-15-20(16-17)14-7-13-19(3)4;/h5-16H2,1-4H3;1H. The van der Waals surface area contributed by atoms with Gasteiger partial charge in [0, 0.05) is 0 Å². The summed E-state index contributed by atoms with van der Waals surface area (Å²) in [5, 5.41) is 6.52. The summed E-state index contributed by atoms with van der Waals surface area (Å²) >= 11 is -1.34. The Labute approximate surface area is 141 Å². The van der Waals surface area contributed by atoms with Crippen molar-refractivity contribution in [1.29, 1.82) is 0 Å². The van der Waals surface area contributed by atoms with Gasteiger partial charge in [-0.1, -0.05) is 0 Å². The minimum Gasteiger partial charge on any atom is -0.147 e. The molecule has 2 aliphatic heterocycles. The number of hydrogen-bond acceptors (Lipinski definition) is 2. The van der Waals surface area contributed by atoms with Crippen LogP contribution in [0.25, 0.3) is 0 Å². The first-order valence-corrected chi connectivity index (χ1v) is 14.8. The fraction of sp³-hybridized carbons (Fsp3) is 1.00. The Morgan fingerprint density at radius 2 is 1.67 bits per heavy atom. The van der Waals surface area contributed by atoms with Crippen molar-refractivity contribution in [3.05, 3.63) is 0 Å². The smallest absolute Gasteiger partial charge is 0.147 e. The van der Waals surface area contributed by atoms with Crippen molar-refractivity contribution < 1.29 is 0 Å². The molecule has 2 heterocycles. The van der Waals surface area contributed by atoms with E-state index in [2.05, 4.69) is 37.7 Å². The van der Waals surface area contributed by atoms with E-state index in [0.29, 0.717) is 0 Å². The zero-order chi connectivity index (χ0) is 14.6. The van der Waals surface area contributed by atoms with Gasteiger partial charge in [-0.25, -0.2) is 0 Å². The summed E-state index contributed by atoms with van der Waals surface area (Å²) in [6, 6.07) is 0. The van der Waals surface area contributed by atoms with Crippen molar-refractivity contribution in [3.8, 4) is 0 Å². The zero-order valence-electron chi connectivity index (χ0n) is 14.8. The summed E-state index contributed by atoms with van der Waals surface area (Å²) in [6.45, 7) is 10.4. The van der Waals surface area contributed by atoms with Gasteiger partial charge in [-0.2, -0.15) is 0 Å². The van der Waals surface area contributed by atoms with Crippen molar-refractivity contribution in [1.82, 2.24) is 9.80 Å². The van der Waals surface area contributed by atoms with Crippen LogP contribution >= 0.6 is 12.4 Å². The SMILES string of the molecule is C[CH2][Ge]1([CH2]C)[CH2]CC2(CCN(CCCN(C)C)C2)C[CH2]1.Cl. The van der Waals surface area contributed by atoms with Gasteiger partial charge in [0.2, 0.25) is 0 Å². The van der Waals surface area contributed by atoms with E-state index in [-0.39, 0.29) is 12.4 Å². The first-order valence-electron chi connectivity index (χ1n) is 8.90. The summed E-state index contributed by atoms with van der Waals surface area (Å²) in [7, 11) is 4.38. The van der Waals surface area contributed by atoms with Crippen LogP contribution in [-0.4, -0.2) is 63.3 Å². The Bertz CT molecular complexity index is 295. The second kappa shape index (κ2) is 8.56. The van der Waals surface area contributed by atoms with Gasteiger partial charge in [-0.15, -0.1) is 12.4 Å². The van der Waals surface area contributed by atoms with E-state index in [4.69, 9.17) is 0 Å². The monoisotopic (exact) mass is 378 g/mol. The largest absolute Gasteiger partial charge is 0.147 e. The maximum absolute atomic E-state index is 2.77. The van der Waals surface area contributed by atoms with Crippen molar-refractivity contribution in [2.45, 2.75) is 60.5 Å². The van der Waals surface area contributed by atoms with E-state index in [1.54, 1.807) is 33.9 Å². The molecule has 0 radical (unpaired) electrons. The van der Waals surface area contributed by atoms with E-state index in [9.17, 15) is 0 Å². The predicted molar refractivity (Wildman–Crippen MR) is 99.5 cm³/mol. The molecule has 0 N–H and O–H groups in total. The van der Waals surface area contributed by atoms with E-state index in [1.165, 1.54) is 39.0 Å². The van der Waals surface area contributed by atoms with Gasteiger partial charge in [0.15, 0.2) is 0 Å². The second-order valence-electron chi connectivity index (χ2n) is 7.89. The molecule has 2 nitrogen and oxygen atoms in total. The van der Waals surface area contributed by atoms with Gasteiger partial charge in [0.05, 0.1) is 0 Å². The molecule has 0 saturated carbocycles. The zero-order valence-corrected chi connectivity index (χ0v) is 17.7. The minimum absolute atomic E-state index is 0. The van der Waals surface area contributed by atoms with Crippen molar-refractivity contribution >= 4 is 25.7 Å². The van der Waals surface area contributed by atoms with Gasteiger partial charge in [-0.3, -0.25) is 0 Å². The molecule has 4 heteroatoms. The maximum atomic E-state index is 2.77. The van der Waals surface area contributed by atoms with Gasteiger partial charge < -0.3 is 0 Å². The molecule has 2 aliphatic rings. The molecule has 2 saturated heterocycles. The van der Waals surface area contributed by atoms with Crippen LogP contribution in [0.15, 0.2) is 0 Å². The molecule has 0 aliphatic carbocycles. The first kappa shape index (κ1) is 19.8. The molecule has 2 fully saturated rings. The third-order valence-electron chi connectivity index (χ3n) is 6.47. The number of halogens is 1. The van der Waals surface area contributed by atoms with Crippen LogP contribution in [0.2, 0.25) is 21.0 Å². The van der Waals surface area contributed by atoms with Gasteiger partial charge in [0.1, 0.15) is 0 Å². The summed E-state index contributed by atoms with van der Waals surface area (Å²) in [6.07, 6.45) is 6.01. The molecule has 0 aromatic heterocycles. The molecule has 21 heavy (non-hydrogen) atoms. The van der Waals surface area contributed by atoms with Crippen LogP contribution in [0.3, 0.4) is 0 Å². The van der Waals surface area contributed by atoms with Crippen molar-refractivity contribution in [3.63, 3.8) is 0 Å². The van der Waals surface area contributed by atoms with Gasteiger partial charge in [-0.05, 0) is 0 Å². The average Bonchev–Trinajstić information content (AvgIpc) is 2.84. The number of hydrogen-bond donors (Lipinski definition) is 0. The Hall–Kier alpha value is 0.753. The quantitative estimate of drug-likeness (QED) is 0.636. The first-order chi connectivity index (χ1) is 9.53. The molecule has 0 aromatic rings. The summed E-state index contributed by atoms with van der Waals surface area (Å²) in [5.41, 5.74) is 0.747. The third kappa shape index (κ3) is 5.12. The van der Waals surface area contributed by atoms with E-state index >= 15 is 0 Å². The molecule has 0 unspecified atom stereocenters. The van der Waals surface area contributed by atoms with Crippen molar-refractivity contribution in [2.75, 3.05) is 40.3 Å². The average molecular weight is 378 g/mol. The number of likely N-dealkylation sites (tertiary alicyclic amines) is 1. The fourth-order valence-corrected chi connectivity index (χ4v) is 13.5. The molecule has 1 spiro atoms. The van der Waals surface area contributed by atoms with Gasteiger partial charge >= 0.3 is 129 Å². The summed E-state index contributed by atoms with van der Waals surface area (Å²) in [4.78, 5) is 5.08. The Balaban J connectivity index is 0.00000220. The van der Waals surface area contributed by atoms with Crippen LogP contribution in [-0.2, 0) is 0 Å². The Kier molecular flexibility index (Phi) is 8.07. The minimum atomic E-state index is -1.34. The van der Waals surface area contributed by atoms with Crippen LogP contribution < -0.4 is 0 Å². The normalized spacial score (nSPS) is 24.4. The summed E-state index contributed by atoms with van der Waals surface area (Å²) in [5.74, 6) is 0. The number of rotatable bonds is 6. The number of nitrogens with zero attached hydrogens (tertiary/aromatic N) is 2. The topological polar surface area (TPSA) is 6.48 Å². The van der Waals surface area contributed by atoms with Gasteiger partial charge in [0.25, 0.3) is 0 Å². The molecule has 2 rings (SSSR count). The second-order valence-corrected chi connectivity index (χ2v) is 19.2. The molecule has 0 bridgehead atoms. The van der Waals surface area contributed by atoms with E-state index < -0.39 is 13.3 Å². The third-order valence-corrected chi connectivity index (χ3v) is 18.3. The van der Waals surface area contributed by atoms with E-state index in [0.717, 1.165) is 5.41 Å². The van der Waals surface area contributed by atoms with Crippen molar-refractivity contribution in [2.24, 2.45) is 5.41 Å². The maximum Gasteiger partial charge on any atom is -0.147 e. The van der Waals surface area contributed by atoms with Crippen LogP contribution in [0.5, 0.6) is 0 Å². The predicted octanol–water partition coefficient (Wildman–Crippen LogP) is 4.33. The van der Waals surface area contributed by atoms with E-state index in [1.807, 2.05) is 0 Å². The Morgan fingerprint density at radius 3 is 2.19 bits per heavy atom. The Morgan fingerprint density at radius 1 is 1.05 bits per heavy atom.